The molecule has 0 amide bonds. The van der Waals surface area contributed by atoms with Gasteiger partial charge in [-0.2, -0.15) is 0 Å². The molecule has 7 aromatic rings. The van der Waals surface area contributed by atoms with Gasteiger partial charge in [0.05, 0.1) is 11.3 Å². The van der Waals surface area contributed by atoms with E-state index in [1.165, 1.54) is 18.1 Å². The molecule has 0 saturated carbocycles. The molecule has 4 nitrogen and oxygen atoms in total. The number of rotatable bonds is 4. The molecule has 209 valence electrons. The Morgan fingerprint density at radius 1 is 0.738 bits per heavy atom. The molecule has 4 aromatic heterocycles. The second kappa shape index (κ2) is 13.0. The molecule has 5 heteroatoms. The molecule has 42 heavy (non-hydrogen) atoms. The number of hydrogen-bond acceptors (Lipinski definition) is 4. The van der Waals surface area contributed by atoms with Crippen LogP contribution in [0.5, 0.6) is 0 Å². The van der Waals surface area contributed by atoms with Gasteiger partial charge in [-0.15, -0.1) is 54.1 Å². The van der Waals surface area contributed by atoms with E-state index < -0.39 is 6.37 Å². The molecule has 4 heterocycles. The Hall–Kier alpha value is -4.44. The van der Waals surface area contributed by atoms with Crippen LogP contribution in [0.15, 0.2) is 114 Å². The van der Waals surface area contributed by atoms with E-state index in [1.54, 1.807) is 24.5 Å². The van der Waals surface area contributed by atoms with Crippen molar-refractivity contribution in [2.75, 3.05) is 0 Å². The van der Waals surface area contributed by atoms with Crippen LogP contribution in [0.2, 0.25) is 0 Å². The third-order valence-electron chi connectivity index (χ3n) is 6.99. The minimum absolute atomic E-state index is 0. The van der Waals surface area contributed by atoms with Crippen molar-refractivity contribution in [3.05, 3.63) is 138 Å². The van der Waals surface area contributed by atoms with E-state index in [4.69, 9.17) is 12.1 Å². The first-order valence-corrected chi connectivity index (χ1v) is 13.4. The maximum absolute atomic E-state index is 8.02. The first-order valence-electron chi connectivity index (χ1n) is 14.4. The smallest absolute Gasteiger partial charge is 0.216 e. The first kappa shape index (κ1) is 26.5. The van der Waals surface area contributed by atoms with Crippen molar-refractivity contribution in [1.29, 1.82) is 0 Å². The van der Waals surface area contributed by atoms with Crippen molar-refractivity contribution in [3.63, 3.8) is 0 Å². The fourth-order valence-corrected chi connectivity index (χ4v) is 4.97. The van der Waals surface area contributed by atoms with Gasteiger partial charge in [-0.25, -0.2) is 4.98 Å². The number of pyridine rings is 3. The molecular formula is C37H29IrN3O-2. The summed E-state index contributed by atoms with van der Waals surface area (Å²) in [5.74, 6) is 0. The summed E-state index contributed by atoms with van der Waals surface area (Å²) in [5.41, 5.74) is 9.48. The van der Waals surface area contributed by atoms with Gasteiger partial charge in [0.25, 0.3) is 0 Å². The number of hydrogen-bond donors (Lipinski definition) is 0. The van der Waals surface area contributed by atoms with Crippen LogP contribution >= 0.6 is 0 Å². The standard InChI is InChI=1S/C26H21N2O.C11H8N.Ir/c1-4-18-13-14-27-23(15-18)21-10-6-9-19-20-11-12-22(28-26(20)29-25(19)21)24-16(2)7-5-8-17(24)3;1-2-6-10(7-3-1)11-8-4-5-9-12-11;/h5-9,11-15H,4H2,1-3H3;1-6,8-9H;/q2*-1;/i4D2;;. The van der Waals surface area contributed by atoms with E-state index in [-0.39, 0.29) is 20.1 Å². The molecule has 0 atom stereocenters. The van der Waals surface area contributed by atoms with Gasteiger partial charge in [-0.3, -0.25) is 0 Å². The topological polar surface area (TPSA) is 51.8 Å². The van der Waals surface area contributed by atoms with Gasteiger partial charge in [0, 0.05) is 46.2 Å². The van der Waals surface area contributed by atoms with Crippen LogP contribution in [0.4, 0.5) is 0 Å². The molecular weight excluding hydrogens is 695 g/mol. The van der Waals surface area contributed by atoms with Crippen LogP contribution in [0.3, 0.4) is 0 Å². The maximum atomic E-state index is 8.02. The quantitative estimate of drug-likeness (QED) is 0.170. The Balaban J connectivity index is 0.000000248. The molecule has 3 aromatic carbocycles. The van der Waals surface area contributed by atoms with E-state index in [0.717, 1.165) is 33.3 Å². The minimum atomic E-state index is -1.46. The number of fused-ring (bicyclic) bond motifs is 3. The number of benzene rings is 3. The van der Waals surface area contributed by atoms with E-state index in [9.17, 15) is 0 Å². The van der Waals surface area contributed by atoms with Gasteiger partial charge >= 0.3 is 0 Å². The Morgan fingerprint density at radius 3 is 2.29 bits per heavy atom. The van der Waals surface area contributed by atoms with E-state index in [1.807, 2.05) is 66.7 Å². The third-order valence-corrected chi connectivity index (χ3v) is 6.99. The second-order valence-corrected chi connectivity index (χ2v) is 9.68. The van der Waals surface area contributed by atoms with Gasteiger partial charge in [0.1, 0.15) is 0 Å². The van der Waals surface area contributed by atoms with Crippen molar-refractivity contribution < 1.29 is 27.3 Å². The summed E-state index contributed by atoms with van der Waals surface area (Å²) in [6.45, 7) is 5.71. The molecule has 0 bridgehead atoms. The Labute approximate surface area is 262 Å². The summed E-state index contributed by atoms with van der Waals surface area (Å²) in [5, 5.41) is 1.87. The summed E-state index contributed by atoms with van der Waals surface area (Å²) >= 11 is 0. The van der Waals surface area contributed by atoms with Crippen LogP contribution in [-0.4, -0.2) is 15.0 Å². The van der Waals surface area contributed by atoms with Crippen LogP contribution in [-0.2, 0) is 26.5 Å². The van der Waals surface area contributed by atoms with Gasteiger partial charge in [0.2, 0.25) is 5.71 Å². The fraction of sp³-hybridized carbons (Fsp3) is 0.108. The Bertz CT molecular complexity index is 1980. The average Bonchev–Trinajstić information content (AvgIpc) is 3.40. The summed E-state index contributed by atoms with van der Waals surface area (Å²) in [6.07, 6.45) is 1.95. The third kappa shape index (κ3) is 5.94. The second-order valence-electron chi connectivity index (χ2n) is 9.68. The molecule has 0 unspecified atom stereocenters. The number of aryl methyl sites for hydroxylation is 3. The summed E-state index contributed by atoms with van der Waals surface area (Å²) in [4.78, 5) is 13.5. The average molecular weight is 726 g/mol. The van der Waals surface area contributed by atoms with Gasteiger partial charge in [-0.05, 0) is 67.0 Å². The SMILES string of the molecule is [2H]C([2H])(C)c1ccnc(-c2[c-]ccc3c2oc2nc(-c4c(C)cccc4C)ccc23)c1.[Ir].[c-]1ccccc1-c1ccccn1. The van der Waals surface area contributed by atoms with Crippen molar-refractivity contribution in [3.8, 4) is 33.8 Å². The fourth-order valence-electron chi connectivity index (χ4n) is 4.97. The van der Waals surface area contributed by atoms with Crippen LogP contribution < -0.4 is 0 Å². The summed E-state index contributed by atoms with van der Waals surface area (Å²) < 4.78 is 22.3. The van der Waals surface area contributed by atoms with Crippen molar-refractivity contribution >= 4 is 22.1 Å². The number of aromatic nitrogens is 3. The zero-order chi connectivity index (χ0) is 30.0. The van der Waals surface area contributed by atoms with Crippen molar-refractivity contribution in [2.24, 2.45) is 0 Å². The Kier molecular flexibility index (Phi) is 8.21. The van der Waals surface area contributed by atoms with Crippen LogP contribution in [0, 0.1) is 26.0 Å². The van der Waals surface area contributed by atoms with E-state index >= 15 is 0 Å². The normalized spacial score (nSPS) is 11.7. The molecule has 0 saturated heterocycles. The number of nitrogens with zero attached hydrogens (tertiary/aromatic N) is 3. The van der Waals surface area contributed by atoms with Crippen LogP contribution in [0.25, 0.3) is 55.8 Å². The Morgan fingerprint density at radius 2 is 1.55 bits per heavy atom. The molecule has 0 N–H and O–H groups in total. The van der Waals surface area contributed by atoms with Gasteiger partial charge < -0.3 is 14.4 Å². The van der Waals surface area contributed by atoms with Gasteiger partial charge in [0.15, 0.2) is 0 Å². The zero-order valence-electron chi connectivity index (χ0n) is 25.5. The monoisotopic (exact) mass is 726 g/mol. The minimum Gasteiger partial charge on any atom is -0.486 e. The molecule has 0 aliphatic carbocycles. The largest absolute Gasteiger partial charge is 0.486 e. The van der Waals surface area contributed by atoms with Gasteiger partial charge in [-0.1, -0.05) is 59.8 Å². The molecule has 0 aliphatic heterocycles. The predicted molar refractivity (Wildman–Crippen MR) is 166 cm³/mol. The summed E-state index contributed by atoms with van der Waals surface area (Å²) in [7, 11) is 0. The molecule has 0 aliphatic rings. The van der Waals surface area contributed by atoms with E-state index in [2.05, 4.69) is 54.1 Å². The zero-order valence-corrected chi connectivity index (χ0v) is 25.9. The molecule has 7 rings (SSSR count). The van der Waals surface area contributed by atoms with Crippen molar-refractivity contribution in [2.45, 2.75) is 27.1 Å². The predicted octanol–water partition coefficient (Wildman–Crippen LogP) is 9.24. The van der Waals surface area contributed by atoms with Crippen LogP contribution in [0.1, 0.15) is 26.4 Å². The molecule has 0 spiro atoms. The summed E-state index contributed by atoms with van der Waals surface area (Å²) in [6, 6.07) is 37.6. The van der Waals surface area contributed by atoms with E-state index in [0.29, 0.717) is 28.1 Å². The van der Waals surface area contributed by atoms with Crippen molar-refractivity contribution in [1.82, 2.24) is 15.0 Å². The number of furan rings is 1. The first-order chi connectivity index (χ1) is 20.8. The molecule has 0 fully saturated rings. The maximum Gasteiger partial charge on any atom is 0.216 e. The molecule has 1 radical (unpaired) electrons.